The van der Waals surface area contributed by atoms with E-state index < -0.39 is 22.2 Å². The van der Waals surface area contributed by atoms with Gasteiger partial charge in [0, 0.05) is 26.1 Å². The van der Waals surface area contributed by atoms with Crippen LogP contribution in [0.3, 0.4) is 0 Å². The van der Waals surface area contributed by atoms with Crippen molar-refractivity contribution in [1.82, 2.24) is 14.9 Å². The van der Waals surface area contributed by atoms with E-state index in [4.69, 9.17) is 4.74 Å². The molecule has 0 radical (unpaired) electrons. The molecule has 0 fully saturated rings. The zero-order valence-electron chi connectivity index (χ0n) is 21.5. The first-order chi connectivity index (χ1) is 16.1. The van der Waals surface area contributed by atoms with Gasteiger partial charge < -0.3 is 20.5 Å². The van der Waals surface area contributed by atoms with Crippen LogP contribution in [0, 0.1) is 5.92 Å². The van der Waals surface area contributed by atoms with E-state index >= 15 is 0 Å². The van der Waals surface area contributed by atoms with Crippen molar-refractivity contribution in [3.8, 4) is 5.75 Å². The van der Waals surface area contributed by atoms with Crippen LogP contribution in [0.1, 0.15) is 58.9 Å². The maximum absolute atomic E-state index is 12.7. The fourth-order valence-electron chi connectivity index (χ4n) is 3.64. The van der Waals surface area contributed by atoms with Gasteiger partial charge in [0.25, 0.3) is 0 Å². The van der Waals surface area contributed by atoms with Crippen LogP contribution in [0.25, 0.3) is 0 Å². The molecule has 2 atom stereocenters. The van der Waals surface area contributed by atoms with Crippen molar-refractivity contribution in [2.75, 3.05) is 39.0 Å². The van der Waals surface area contributed by atoms with Gasteiger partial charge in [-0.05, 0) is 55.8 Å². The van der Waals surface area contributed by atoms with Crippen LogP contribution >= 0.6 is 0 Å². The van der Waals surface area contributed by atoms with Crippen LogP contribution in [0.2, 0.25) is 0 Å². The summed E-state index contributed by atoms with van der Waals surface area (Å²) in [6, 6.07) is 6.93. The van der Waals surface area contributed by atoms with Gasteiger partial charge in [0.1, 0.15) is 5.75 Å². The normalized spacial score (nSPS) is 13.8. The molecular weight excluding hydrogens is 454 g/mol. The van der Waals surface area contributed by atoms with Gasteiger partial charge in [-0.1, -0.05) is 39.8 Å². The molecule has 0 aliphatic heterocycles. The van der Waals surface area contributed by atoms with Crippen LogP contribution < -0.4 is 15.4 Å². The van der Waals surface area contributed by atoms with Gasteiger partial charge in [-0.15, -0.1) is 0 Å². The lowest BCUT2D eigenvalue weighted by atomic mass is 10.0. The van der Waals surface area contributed by atoms with Gasteiger partial charge in [0.2, 0.25) is 15.9 Å². The zero-order chi connectivity index (χ0) is 25.6. The first-order valence-electron chi connectivity index (χ1n) is 12.4. The van der Waals surface area contributed by atoms with Gasteiger partial charge >= 0.3 is 0 Å². The quantitative estimate of drug-likeness (QED) is 0.268. The molecule has 0 spiro atoms. The van der Waals surface area contributed by atoms with E-state index in [1.54, 1.807) is 7.11 Å². The van der Waals surface area contributed by atoms with Crippen molar-refractivity contribution in [3.05, 3.63) is 29.8 Å². The molecule has 0 saturated heterocycles. The number of methoxy groups -OCH3 is 1. The summed E-state index contributed by atoms with van der Waals surface area (Å²) >= 11 is 0. The Balaban J connectivity index is 2.82. The predicted octanol–water partition coefficient (Wildman–Crippen LogP) is 2.56. The summed E-state index contributed by atoms with van der Waals surface area (Å²) in [4.78, 5) is 12.7. The van der Waals surface area contributed by atoms with Gasteiger partial charge in [-0.25, -0.2) is 12.7 Å². The van der Waals surface area contributed by atoms with Crippen molar-refractivity contribution in [3.63, 3.8) is 0 Å². The second-order valence-corrected chi connectivity index (χ2v) is 11.2. The number of carbonyl (C=O) groups excluding carboxylic acids is 1. The third kappa shape index (κ3) is 11.6. The van der Waals surface area contributed by atoms with Crippen LogP contribution in [-0.2, 0) is 21.2 Å². The molecule has 9 heteroatoms. The molecule has 1 aromatic carbocycles. The van der Waals surface area contributed by atoms with E-state index in [1.807, 2.05) is 38.1 Å². The molecule has 8 nitrogen and oxygen atoms in total. The van der Waals surface area contributed by atoms with Crippen molar-refractivity contribution in [2.45, 2.75) is 71.9 Å². The molecule has 3 N–H and O–H groups in total. The second kappa shape index (κ2) is 16.1. The van der Waals surface area contributed by atoms with Crippen LogP contribution in [-0.4, -0.2) is 74.9 Å². The Morgan fingerprint density at radius 3 is 2.44 bits per heavy atom. The summed E-state index contributed by atoms with van der Waals surface area (Å²) in [6.45, 7) is 10.2. The van der Waals surface area contributed by atoms with Crippen molar-refractivity contribution >= 4 is 15.9 Å². The number of rotatable bonds is 18. The Bertz CT molecular complexity index is 811. The number of hydrogen-bond donors (Lipinski definition) is 3. The molecule has 1 rings (SSSR count). The highest BCUT2D eigenvalue weighted by Crippen LogP contribution is 2.15. The molecule has 0 saturated carbocycles. The van der Waals surface area contributed by atoms with Crippen molar-refractivity contribution in [1.29, 1.82) is 0 Å². The SMILES string of the molecule is CCCN(CCC)S(=O)(=O)CCC(=O)NC(Cc1cccc(OC)c1)C(O)CNCCC(C)C. The van der Waals surface area contributed by atoms with E-state index in [0.717, 1.165) is 31.4 Å². The first kappa shape index (κ1) is 30.4. The fraction of sp³-hybridized carbons (Fsp3) is 0.720. The Morgan fingerprint density at radius 2 is 1.85 bits per heavy atom. The highest BCUT2D eigenvalue weighted by atomic mass is 32.2. The van der Waals surface area contributed by atoms with E-state index in [1.165, 1.54) is 4.31 Å². The van der Waals surface area contributed by atoms with Gasteiger partial charge in [-0.3, -0.25) is 4.79 Å². The molecule has 0 aliphatic carbocycles. The molecular formula is C25H45N3O5S. The number of nitrogens with one attached hydrogen (secondary N) is 2. The number of aliphatic hydroxyl groups excluding tert-OH is 1. The fourth-order valence-corrected chi connectivity index (χ4v) is 5.26. The van der Waals surface area contributed by atoms with Gasteiger partial charge in [-0.2, -0.15) is 0 Å². The molecule has 1 aromatic rings. The summed E-state index contributed by atoms with van der Waals surface area (Å²) in [7, 11) is -1.92. The average Bonchev–Trinajstić information content (AvgIpc) is 2.80. The van der Waals surface area contributed by atoms with E-state index in [0.29, 0.717) is 37.7 Å². The Kier molecular flexibility index (Phi) is 14.4. The molecule has 0 bridgehead atoms. The van der Waals surface area contributed by atoms with E-state index in [2.05, 4.69) is 24.5 Å². The smallest absolute Gasteiger partial charge is 0.221 e. The van der Waals surface area contributed by atoms with Crippen molar-refractivity contribution in [2.24, 2.45) is 5.92 Å². The highest BCUT2D eigenvalue weighted by Gasteiger charge is 2.25. The van der Waals surface area contributed by atoms with Crippen LogP contribution in [0.15, 0.2) is 24.3 Å². The van der Waals surface area contributed by atoms with Gasteiger partial charge in [0.05, 0.1) is 25.0 Å². The molecule has 2 unspecified atom stereocenters. The number of hydrogen-bond acceptors (Lipinski definition) is 6. The maximum Gasteiger partial charge on any atom is 0.221 e. The Labute approximate surface area is 206 Å². The minimum atomic E-state index is -3.51. The number of aliphatic hydroxyl groups is 1. The molecule has 0 heterocycles. The molecule has 1 amide bonds. The monoisotopic (exact) mass is 499 g/mol. The van der Waals surface area contributed by atoms with Crippen LogP contribution in [0.4, 0.5) is 0 Å². The number of ether oxygens (including phenoxy) is 1. The summed E-state index contributed by atoms with van der Waals surface area (Å²) in [5.74, 6) is 0.627. The molecule has 196 valence electrons. The minimum Gasteiger partial charge on any atom is -0.497 e. The molecule has 34 heavy (non-hydrogen) atoms. The first-order valence-corrected chi connectivity index (χ1v) is 14.0. The topological polar surface area (TPSA) is 108 Å². The number of sulfonamides is 1. The summed E-state index contributed by atoms with van der Waals surface area (Å²) < 4.78 is 32.1. The number of carbonyl (C=O) groups is 1. The zero-order valence-corrected chi connectivity index (χ0v) is 22.4. The average molecular weight is 500 g/mol. The van der Waals surface area contributed by atoms with Crippen LogP contribution in [0.5, 0.6) is 5.75 Å². The highest BCUT2D eigenvalue weighted by molar-refractivity contribution is 7.89. The predicted molar refractivity (Wildman–Crippen MR) is 138 cm³/mol. The largest absolute Gasteiger partial charge is 0.497 e. The Hall–Kier alpha value is -1.68. The number of benzene rings is 1. The summed E-state index contributed by atoms with van der Waals surface area (Å²) in [5, 5.41) is 17.0. The minimum absolute atomic E-state index is 0.144. The maximum atomic E-state index is 12.7. The van der Waals surface area contributed by atoms with Gasteiger partial charge in [0.15, 0.2) is 0 Å². The van der Waals surface area contributed by atoms with E-state index in [9.17, 15) is 18.3 Å². The third-order valence-corrected chi connectivity index (χ3v) is 7.45. The lowest BCUT2D eigenvalue weighted by Gasteiger charge is -2.26. The van der Waals surface area contributed by atoms with Crippen molar-refractivity contribution < 1.29 is 23.1 Å². The number of nitrogens with zero attached hydrogens (tertiary/aromatic N) is 1. The number of amides is 1. The standard InChI is InChI=1S/C25H45N3O5S/c1-6-14-28(15-7-2)34(31,32)16-12-25(30)27-23(24(29)19-26-13-11-20(3)4)18-21-9-8-10-22(17-21)33-5/h8-10,17,20,23-24,26,29H,6-7,11-16,18-19H2,1-5H3,(H,27,30). The second-order valence-electron chi connectivity index (χ2n) is 9.15. The third-order valence-electron chi connectivity index (χ3n) is 5.58. The lowest BCUT2D eigenvalue weighted by Crippen LogP contribution is -2.49. The summed E-state index contributed by atoms with van der Waals surface area (Å²) in [5.41, 5.74) is 0.913. The van der Waals surface area contributed by atoms with E-state index in [-0.39, 0.29) is 18.1 Å². The lowest BCUT2D eigenvalue weighted by molar-refractivity contribution is -0.122. The molecule has 0 aliphatic rings. The molecule has 0 aromatic heterocycles. The Morgan fingerprint density at radius 1 is 1.18 bits per heavy atom. The summed E-state index contributed by atoms with van der Waals surface area (Å²) in [6.07, 6.45) is 1.88.